The number of carbonyl (C=O) groups excluding carboxylic acids is 1. The number of likely N-dealkylation sites (tertiary alicyclic amines) is 1. The molecule has 0 atom stereocenters. The predicted molar refractivity (Wildman–Crippen MR) is 100 cm³/mol. The monoisotopic (exact) mass is 354 g/mol. The number of benzene rings is 1. The SMILES string of the molecule is COc1ccc(/C=C(\C(=O)N2CCCC2)n2ccccc2=O)cc1OC. The zero-order chi connectivity index (χ0) is 18.5. The van der Waals surface area contributed by atoms with Crippen LogP contribution in [0, 0.1) is 0 Å². The fourth-order valence-corrected chi connectivity index (χ4v) is 3.04. The van der Waals surface area contributed by atoms with Gasteiger partial charge in [-0.15, -0.1) is 0 Å². The van der Waals surface area contributed by atoms with Crippen molar-refractivity contribution >= 4 is 17.7 Å². The Hall–Kier alpha value is -3.02. The van der Waals surface area contributed by atoms with Gasteiger partial charge in [0.25, 0.3) is 11.5 Å². The Balaban J connectivity index is 2.08. The van der Waals surface area contributed by atoms with E-state index in [1.165, 1.54) is 10.6 Å². The molecule has 1 aromatic heterocycles. The Bertz CT molecular complexity index is 879. The summed E-state index contributed by atoms with van der Waals surface area (Å²) in [5.74, 6) is 1.02. The fourth-order valence-electron chi connectivity index (χ4n) is 3.04. The molecule has 0 saturated carbocycles. The highest BCUT2D eigenvalue weighted by Gasteiger charge is 2.23. The first kappa shape index (κ1) is 17.8. The van der Waals surface area contributed by atoms with Gasteiger partial charge < -0.3 is 14.4 Å². The van der Waals surface area contributed by atoms with Crippen molar-refractivity contribution in [3.63, 3.8) is 0 Å². The number of carbonyl (C=O) groups is 1. The van der Waals surface area contributed by atoms with E-state index < -0.39 is 0 Å². The molecule has 26 heavy (non-hydrogen) atoms. The molecule has 3 rings (SSSR count). The van der Waals surface area contributed by atoms with E-state index in [4.69, 9.17) is 9.47 Å². The number of amides is 1. The Labute approximate surface area is 152 Å². The number of hydrogen-bond donors (Lipinski definition) is 0. The zero-order valence-corrected chi connectivity index (χ0v) is 15.0. The van der Waals surface area contributed by atoms with Crippen LogP contribution in [0.25, 0.3) is 11.8 Å². The number of ether oxygens (including phenoxy) is 2. The van der Waals surface area contributed by atoms with Crippen molar-refractivity contribution in [3.05, 3.63) is 58.5 Å². The average Bonchev–Trinajstić information content (AvgIpc) is 3.21. The summed E-state index contributed by atoms with van der Waals surface area (Å²) in [5, 5.41) is 0. The lowest BCUT2D eigenvalue weighted by molar-refractivity contribution is -0.124. The van der Waals surface area contributed by atoms with Gasteiger partial charge in [-0.05, 0) is 42.7 Å². The molecule has 0 N–H and O–H groups in total. The number of hydrogen-bond acceptors (Lipinski definition) is 4. The summed E-state index contributed by atoms with van der Waals surface area (Å²) in [4.78, 5) is 27.1. The quantitative estimate of drug-likeness (QED) is 0.774. The standard InChI is InChI=1S/C20H22N2O4/c1-25-17-9-8-15(14-18(17)26-2)13-16(20(24)21-10-5-6-11-21)22-12-4-3-7-19(22)23/h3-4,7-9,12-14H,5-6,10-11H2,1-2H3/b16-13+. The van der Waals surface area contributed by atoms with Crippen LogP contribution in [0.15, 0.2) is 47.4 Å². The number of methoxy groups -OCH3 is 2. The summed E-state index contributed by atoms with van der Waals surface area (Å²) in [7, 11) is 3.13. The van der Waals surface area contributed by atoms with E-state index in [2.05, 4.69) is 0 Å². The second-order valence-electron chi connectivity index (χ2n) is 6.05. The molecule has 2 aromatic rings. The van der Waals surface area contributed by atoms with E-state index in [9.17, 15) is 9.59 Å². The highest BCUT2D eigenvalue weighted by molar-refractivity contribution is 6.18. The number of pyridine rings is 1. The maximum atomic E-state index is 13.0. The van der Waals surface area contributed by atoms with Gasteiger partial charge in [0, 0.05) is 25.4 Å². The van der Waals surface area contributed by atoms with Crippen molar-refractivity contribution in [2.75, 3.05) is 27.3 Å². The maximum Gasteiger partial charge on any atom is 0.270 e. The van der Waals surface area contributed by atoms with Gasteiger partial charge in [-0.2, -0.15) is 0 Å². The molecule has 6 heteroatoms. The molecule has 1 saturated heterocycles. The molecule has 2 heterocycles. The molecular formula is C20H22N2O4. The van der Waals surface area contributed by atoms with Crippen LogP contribution in [0.1, 0.15) is 18.4 Å². The Morgan fingerprint density at radius 1 is 1.04 bits per heavy atom. The lowest BCUT2D eigenvalue weighted by Gasteiger charge is -2.19. The summed E-state index contributed by atoms with van der Waals surface area (Å²) in [6.07, 6.45) is 5.30. The molecular weight excluding hydrogens is 332 g/mol. The predicted octanol–water partition coefficient (Wildman–Crippen LogP) is 2.49. The third-order valence-corrected chi connectivity index (χ3v) is 4.41. The van der Waals surface area contributed by atoms with Crippen molar-refractivity contribution in [3.8, 4) is 11.5 Å². The van der Waals surface area contributed by atoms with E-state index in [1.807, 2.05) is 6.07 Å². The molecule has 0 unspecified atom stereocenters. The highest BCUT2D eigenvalue weighted by atomic mass is 16.5. The van der Waals surface area contributed by atoms with Gasteiger partial charge >= 0.3 is 0 Å². The molecule has 0 bridgehead atoms. The number of rotatable bonds is 5. The maximum absolute atomic E-state index is 13.0. The largest absolute Gasteiger partial charge is 0.493 e. The van der Waals surface area contributed by atoms with E-state index in [0.29, 0.717) is 30.3 Å². The van der Waals surface area contributed by atoms with Gasteiger partial charge in [0.15, 0.2) is 11.5 Å². The molecule has 1 amide bonds. The average molecular weight is 354 g/mol. The first-order valence-corrected chi connectivity index (χ1v) is 8.55. The summed E-state index contributed by atoms with van der Waals surface area (Å²) < 4.78 is 12.0. The van der Waals surface area contributed by atoms with Crippen molar-refractivity contribution in [1.82, 2.24) is 9.47 Å². The lowest BCUT2D eigenvalue weighted by atomic mass is 10.1. The summed E-state index contributed by atoms with van der Waals surface area (Å²) >= 11 is 0. The van der Waals surface area contributed by atoms with Crippen LogP contribution in [0.4, 0.5) is 0 Å². The van der Waals surface area contributed by atoms with E-state index in [-0.39, 0.29) is 11.5 Å². The van der Waals surface area contributed by atoms with Crippen molar-refractivity contribution in [2.24, 2.45) is 0 Å². The third-order valence-electron chi connectivity index (χ3n) is 4.41. The first-order valence-electron chi connectivity index (χ1n) is 8.55. The summed E-state index contributed by atoms with van der Waals surface area (Å²) in [6, 6.07) is 10.2. The minimum Gasteiger partial charge on any atom is -0.493 e. The molecule has 1 aliphatic rings. The molecule has 1 aromatic carbocycles. The van der Waals surface area contributed by atoms with Crippen LogP contribution in [-0.2, 0) is 4.79 Å². The van der Waals surface area contributed by atoms with Crippen molar-refractivity contribution in [1.29, 1.82) is 0 Å². The van der Waals surface area contributed by atoms with Crippen LogP contribution in [-0.4, -0.2) is 42.7 Å². The van der Waals surface area contributed by atoms with Crippen molar-refractivity contribution < 1.29 is 14.3 Å². The van der Waals surface area contributed by atoms with Gasteiger partial charge in [-0.3, -0.25) is 14.2 Å². The minimum absolute atomic E-state index is 0.148. The van der Waals surface area contributed by atoms with Crippen LogP contribution >= 0.6 is 0 Å². The van der Waals surface area contributed by atoms with Gasteiger partial charge in [-0.25, -0.2) is 0 Å². The lowest BCUT2D eigenvalue weighted by Crippen LogP contribution is -2.33. The van der Waals surface area contributed by atoms with Gasteiger partial charge in [-0.1, -0.05) is 12.1 Å². The van der Waals surface area contributed by atoms with Gasteiger partial charge in [0.05, 0.1) is 14.2 Å². The van der Waals surface area contributed by atoms with Gasteiger partial charge in [0.2, 0.25) is 0 Å². The molecule has 0 radical (unpaired) electrons. The van der Waals surface area contributed by atoms with E-state index >= 15 is 0 Å². The Kier molecular flexibility index (Phi) is 5.41. The first-order chi connectivity index (χ1) is 12.6. The van der Waals surface area contributed by atoms with E-state index in [0.717, 1.165) is 18.4 Å². The molecule has 1 fully saturated rings. The van der Waals surface area contributed by atoms with Crippen LogP contribution in [0.2, 0.25) is 0 Å². The summed E-state index contributed by atoms with van der Waals surface area (Å²) in [6.45, 7) is 1.42. The highest BCUT2D eigenvalue weighted by Crippen LogP contribution is 2.29. The number of aromatic nitrogens is 1. The van der Waals surface area contributed by atoms with Crippen molar-refractivity contribution in [2.45, 2.75) is 12.8 Å². The fraction of sp³-hybridized carbons (Fsp3) is 0.300. The third kappa shape index (κ3) is 3.64. The smallest absolute Gasteiger partial charge is 0.270 e. The normalized spacial score (nSPS) is 14.4. The topological polar surface area (TPSA) is 60.8 Å². The summed E-state index contributed by atoms with van der Waals surface area (Å²) in [5.41, 5.74) is 0.831. The number of nitrogens with zero attached hydrogens (tertiary/aromatic N) is 2. The molecule has 0 aliphatic carbocycles. The second-order valence-corrected chi connectivity index (χ2v) is 6.05. The molecule has 6 nitrogen and oxygen atoms in total. The molecule has 1 aliphatic heterocycles. The van der Waals surface area contributed by atoms with Crippen LogP contribution in [0.3, 0.4) is 0 Å². The zero-order valence-electron chi connectivity index (χ0n) is 15.0. The Morgan fingerprint density at radius 2 is 1.77 bits per heavy atom. The molecule has 0 spiro atoms. The second kappa shape index (κ2) is 7.91. The van der Waals surface area contributed by atoms with Gasteiger partial charge in [0.1, 0.15) is 5.70 Å². The van der Waals surface area contributed by atoms with E-state index in [1.54, 1.807) is 55.7 Å². The van der Waals surface area contributed by atoms with Crippen LogP contribution in [0.5, 0.6) is 11.5 Å². The Morgan fingerprint density at radius 3 is 2.42 bits per heavy atom. The molecule has 136 valence electrons. The minimum atomic E-state index is -0.244. The van der Waals surface area contributed by atoms with Crippen LogP contribution < -0.4 is 15.0 Å².